The van der Waals surface area contributed by atoms with Crippen LogP contribution < -0.4 is 10.6 Å². The second kappa shape index (κ2) is 22.8. The molecule has 2 amide bonds. The summed E-state index contributed by atoms with van der Waals surface area (Å²) in [6, 6.07) is 5.24. The van der Waals surface area contributed by atoms with E-state index < -0.39 is 84.9 Å². The maximum atomic E-state index is 13.6. The van der Waals surface area contributed by atoms with E-state index in [1.807, 2.05) is 0 Å². The molecule has 0 saturated carbocycles. The molecule has 1 saturated heterocycles. The zero-order valence-corrected chi connectivity index (χ0v) is 34.1. The monoisotopic (exact) mass is 824 g/mol. The summed E-state index contributed by atoms with van der Waals surface area (Å²) in [4.78, 5) is 63.7. The fraction of sp³-hybridized carbons (Fsp3) is 0.643. The summed E-state index contributed by atoms with van der Waals surface area (Å²) < 4.78 is 66.0. The normalized spacial score (nSPS) is 19.5. The van der Waals surface area contributed by atoms with Crippen LogP contribution >= 0.6 is 0 Å². The van der Waals surface area contributed by atoms with Gasteiger partial charge in [0.25, 0.3) is 0 Å². The summed E-state index contributed by atoms with van der Waals surface area (Å²) in [7, 11) is 0. The molecule has 4 atom stereocenters. The lowest BCUT2D eigenvalue weighted by atomic mass is 9.91. The van der Waals surface area contributed by atoms with Crippen molar-refractivity contribution in [2.24, 2.45) is 0 Å². The zero-order chi connectivity index (χ0) is 42.9. The van der Waals surface area contributed by atoms with E-state index in [4.69, 9.17) is 18.9 Å². The van der Waals surface area contributed by atoms with Gasteiger partial charge in [-0.3, -0.25) is 14.4 Å². The third-order valence-corrected chi connectivity index (χ3v) is 9.30. The largest absolute Gasteiger partial charge is 0.460 e. The maximum absolute atomic E-state index is 13.6. The van der Waals surface area contributed by atoms with E-state index in [0.29, 0.717) is 18.4 Å². The molecule has 1 aliphatic carbocycles. The summed E-state index contributed by atoms with van der Waals surface area (Å²) in [5, 5.41) is 15.1. The average Bonchev–Trinajstić information content (AvgIpc) is 3.52. The number of esters is 3. The number of hydrogen-bond donors (Lipinski definition) is 3. The van der Waals surface area contributed by atoms with Crippen LogP contribution in [0.3, 0.4) is 0 Å². The molecule has 16 heteroatoms. The maximum Gasteiger partial charge on any atom is 0.422 e. The highest BCUT2D eigenvalue weighted by molar-refractivity contribution is 5.95. The Labute approximate surface area is 338 Å². The second-order valence-electron chi connectivity index (χ2n) is 15.6. The molecule has 13 nitrogen and oxygen atoms in total. The van der Waals surface area contributed by atoms with Gasteiger partial charge in [-0.05, 0) is 69.9 Å². The summed E-state index contributed by atoms with van der Waals surface area (Å²) in [6.07, 6.45) is 3.39. The predicted molar refractivity (Wildman–Crippen MR) is 207 cm³/mol. The lowest BCUT2D eigenvalue weighted by molar-refractivity contribution is -0.190. The molecule has 3 N–H and O–H groups in total. The fourth-order valence-electron chi connectivity index (χ4n) is 6.54. The molecule has 3 rings (SSSR count). The Morgan fingerprint density at radius 3 is 2.31 bits per heavy atom. The van der Waals surface area contributed by atoms with Crippen LogP contribution in [0.5, 0.6) is 0 Å². The number of alkyl halides is 3. The minimum Gasteiger partial charge on any atom is -0.460 e. The molecule has 0 bridgehead atoms. The van der Waals surface area contributed by atoms with E-state index in [1.165, 1.54) is 30.3 Å². The highest BCUT2D eigenvalue weighted by Gasteiger charge is 2.52. The molecule has 1 heterocycles. The van der Waals surface area contributed by atoms with Crippen LogP contribution in [0.1, 0.15) is 128 Å². The number of nitrogens with one attached hydrogen (secondary N) is 2. The quantitative estimate of drug-likeness (QED) is 0.0510. The molecule has 0 aromatic heterocycles. The number of ether oxygens (including phenoxy) is 5. The average molecular weight is 825 g/mol. The van der Waals surface area contributed by atoms with Crippen molar-refractivity contribution in [3.63, 3.8) is 0 Å². The lowest BCUT2D eigenvalue weighted by Gasteiger charge is -2.31. The second-order valence-corrected chi connectivity index (χ2v) is 15.6. The van der Waals surface area contributed by atoms with Gasteiger partial charge in [-0.1, -0.05) is 51.7 Å². The SMILES string of the molecule is CCCCCC1(CCCCC)O[C@@H]2[C@@H](C=C(C(=O)NCCC(=O)N[C@H](CO)CCC(=O)OC(C)(C)C)C[C@H]2OC(=O)c2cccc(C=CC(=O)OCC(F)(F)F)c2)O1. The highest BCUT2D eigenvalue weighted by atomic mass is 19.4. The Hall–Kier alpha value is -4.28. The van der Waals surface area contributed by atoms with Crippen molar-refractivity contribution in [2.75, 3.05) is 19.8 Å². The lowest BCUT2D eigenvalue weighted by Crippen LogP contribution is -2.44. The zero-order valence-electron chi connectivity index (χ0n) is 34.1. The summed E-state index contributed by atoms with van der Waals surface area (Å²) >= 11 is 0. The van der Waals surface area contributed by atoms with E-state index in [2.05, 4.69) is 29.2 Å². The molecule has 2 aliphatic rings. The number of fused-ring (bicyclic) bond motifs is 1. The van der Waals surface area contributed by atoms with Gasteiger partial charge in [0.15, 0.2) is 12.4 Å². The number of aliphatic hydroxyl groups is 1. The van der Waals surface area contributed by atoms with E-state index in [0.717, 1.165) is 44.6 Å². The van der Waals surface area contributed by atoms with Crippen LogP contribution in [0.2, 0.25) is 0 Å². The Morgan fingerprint density at radius 2 is 1.69 bits per heavy atom. The van der Waals surface area contributed by atoms with Gasteiger partial charge in [0.1, 0.15) is 23.9 Å². The van der Waals surface area contributed by atoms with Gasteiger partial charge in [0.05, 0.1) is 18.2 Å². The van der Waals surface area contributed by atoms with E-state index in [9.17, 15) is 42.3 Å². The molecule has 324 valence electrons. The predicted octanol–water partition coefficient (Wildman–Crippen LogP) is 6.41. The third kappa shape index (κ3) is 16.9. The van der Waals surface area contributed by atoms with Crippen LogP contribution in [-0.2, 0) is 42.9 Å². The van der Waals surface area contributed by atoms with Gasteiger partial charge in [-0.25, -0.2) is 9.59 Å². The first-order valence-electron chi connectivity index (χ1n) is 20.0. The number of unbranched alkanes of at least 4 members (excludes halogenated alkanes) is 4. The van der Waals surface area contributed by atoms with Gasteiger partial charge in [-0.2, -0.15) is 13.2 Å². The fourth-order valence-corrected chi connectivity index (χ4v) is 6.54. The van der Waals surface area contributed by atoms with E-state index >= 15 is 0 Å². The topological polar surface area (TPSA) is 176 Å². The van der Waals surface area contributed by atoms with Crippen LogP contribution in [0, 0.1) is 0 Å². The van der Waals surface area contributed by atoms with Crippen molar-refractivity contribution in [1.29, 1.82) is 0 Å². The number of benzene rings is 1. The molecule has 0 radical (unpaired) electrons. The summed E-state index contributed by atoms with van der Waals surface area (Å²) in [5.74, 6) is -4.33. The standard InChI is InChI=1S/C42H59F3N2O11/c1-6-8-10-20-41(21-11-9-7-2)56-33-25-30(38(52)46-22-19-34(49)47-31(26-48)16-18-36(51)57-40(3,4)5)24-32(37(33)58-41)55-39(53)29-14-12-13-28(23-29)15-17-35(50)54-27-42(43,44)45/h12-15,17,23,25,31-33,37,48H,6-11,16,18-22,24,26-27H2,1-5H3,(H,46,52)(H,47,49)/t31-,32+,33+,37-/m0/s1. The number of halogens is 3. The molecule has 1 aromatic rings. The van der Waals surface area contributed by atoms with Crippen molar-refractivity contribution in [3.8, 4) is 0 Å². The van der Waals surface area contributed by atoms with Crippen molar-refractivity contribution in [2.45, 2.75) is 154 Å². The Kier molecular flexibility index (Phi) is 18.9. The molecule has 1 aromatic carbocycles. The van der Waals surface area contributed by atoms with E-state index in [-0.39, 0.29) is 43.4 Å². The van der Waals surface area contributed by atoms with Gasteiger partial charge in [-0.15, -0.1) is 0 Å². The third-order valence-electron chi connectivity index (χ3n) is 9.30. The minimum absolute atomic E-state index is 0.000874. The van der Waals surface area contributed by atoms with Crippen molar-refractivity contribution >= 4 is 35.8 Å². The highest BCUT2D eigenvalue weighted by Crippen LogP contribution is 2.43. The molecule has 0 spiro atoms. The molecule has 0 unspecified atom stereocenters. The van der Waals surface area contributed by atoms with Gasteiger partial charge >= 0.3 is 24.1 Å². The first-order chi connectivity index (χ1) is 27.4. The number of aliphatic hydroxyl groups excluding tert-OH is 1. The first-order valence-corrected chi connectivity index (χ1v) is 20.0. The number of rotatable bonds is 22. The van der Waals surface area contributed by atoms with E-state index in [1.54, 1.807) is 26.8 Å². The summed E-state index contributed by atoms with van der Waals surface area (Å²) in [5.41, 5.74) is 0.00651. The number of amides is 2. The van der Waals surface area contributed by atoms with Crippen LogP contribution in [0.25, 0.3) is 6.08 Å². The summed E-state index contributed by atoms with van der Waals surface area (Å²) in [6.45, 7) is 7.24. The number of carbonyl (C=O) groups is 5. The molecular formula is C42H59F3N2O11. The first kappa shape index (κ1) is 48.1. The number of hydrogen-bond acceptors (Lipinski definition) is 11. The molecular weight excluding hydrogens is 765 g/mol. The van der Waals surface area contributed by atoms with Gasteiger partial charge in [0, 0.05) is 50.3 Å². The molecule has 1 fully saturated rings. The van der Waals surface area contributed by atoms with Crippen molar-refractivity contribution in [1.82, 2.24) is 10.6 Å². The molecule has 1 aliphatic heterocycles. The Morgan fingerprint density at radius 1 is 1.00 bits per heavy atom. The minimum atomic E-state index is -4.67. The Balaban J connectivity index is 1.73. The van der Waals surface area contributed by atoms with Crippen molar-refractivity contribution in [3.05, 3.63) is 53.1 Å². The van der Waals surface area contributed by atoms with Crippen LogP contribution in [0.15, 0.2) is 42.0 Å². The van der Waals surface area contributed by atoms with Gasteiger partial charge in [0.2, 0.25) is 11.8 Å². The smallest absolute Gasteiger partial charge is 0.422 e. The van der Waals surface area contributed by atoms with Crippen LogP contribution in [-0.4, -0.2) is 96.5 Å². The Bertz CT molecular complexity index is 1590. The van der Waals surface area contributed by atoms with Crippen molar-refractivity contribution < 1.29 is 65.9 Å². The molecule has 58 heavy (non-hydrogen) atoms. The van der Waals surface area contributed by atoms with Gasteiger partial charge < -0.3 is 39.4 Å². The van der Waals surface area contributed by atoms with Crippen LogP contribution in [0.4, 0.5) is 13.2 Å². The number of carbonyl (C=O) groups excluding carboxylic acids is 5.